The number of hydrogen-bond donors (Lipinski definition) is 2. The number of aromatic nitrogens is 1. The first-order chi connectivity index (χ1) is 11.6. The number of nitrogens with one attached hydrogen (secondary N) is 1. The van der Waals surface area contributed by atoms with E-state index in [-0.39, 0.29) is 12.3 Å². The number of amides is 2. The molecule has 0 fully saturated rings. The zero-order valence-corrected chi connectivity index (χ0v) is 13.5. The van der Waals surface area contributed by atoms with Crippen molar-refractivity contribution >= 4 is 28.3 Å². The van der Waals surface area contributed by atoms with E-state index in [1.54, 1.807) is 11.4 Å². The fourth-order valence-corrected chi connectivity index (χ4v) is 3.04. The SMILES string of the molecule is NC(=O)Cc1csc(NC(=O)c2ccccc2-c2ccccc2)n1. The van der Waals surface area contributed by atoms with E-state index in [1.165, 1.54) is 11.3 Å². The first kappa shape index (κ1) is 15.9. The smallest absolute Gasteiger partial charge is 0.258 e. The Morgan fingerprint density at radius 2 is 1.75 bits per heavy atom. The zero-order chi connectivity index (χ0) is 16.9. The van der Waals surface area contributed by atoms with Crippen molar-refractivity contribution in [1.29, 1.82) is 0 Å². The highest BCUT2D eigenvalue weighted by atomic mass is 32.1. The van der Waals surface area contributed by atoms with Crippen LogP contribution in [0.15, 0.2) is 60.0 Å². The first-order valence-electron chi connectivity index (χ1n) is 7.32. The monoisotopic (exact) mass is 337 g/mol. The van der Waals surface area contributed by atoms with Gasteiger partial charge in [0.1, 0.15) is 0 Å². The normalized spacial score (nSPS) is 10.3. The molecule has 0 atom stereocenters. The quantitative estimate of drug-likeness (QED) is 0.750. The van der Waals surface area contributed by atoms with Gasteiger partial charge in [0, 0.05) is 10.9 Å². The predicted molar refractivity (Wildman–Crippen MR) is 94.8 cm³/mol. The van der Waals surface area contributed by atoms with Crippen LogP contribution in [0.25, 0.3) is 11.1 Å². The Labute approximate surface area is 143 Å². The summed E-state index contributed by atoms with van der Waals surface area (Å²) in [5.74, 6) is -0.693. The molecule has 0 saturated heterocycles. The second kappa shape index (κ2) is 7.06. The molecule has 0 unspecified atom stereocenters. The molecule has 3 aromatic rings. The number of rotatable bonds is 5. The molecular formula is C18H15N3O2S. The summed E-state index contributed by atoms with van der Waals surface area (Å²) < 4.78 is 0. The lowest BCUT2D eigenvalue weighted by Crippen LogP contribution is -2.15. The molecule has 6 heteroatoms. The molecule has 5 nitrogen and oxygen atoms in total. The maximum Gasteiger partial charge on any atom is 0.258 e. The number of carbonyl (C=O) groups excluding carboxylic acids is 2. The maximum atomic E-state index is 12.6. The van der Waals surface area contributed by atoms with E-state index in [0.717, 1.165) is 11.1 Å². The number of nitrogens with zero attached hydrogens (tertiary/aromatic N) is 1. The largest absolute Gasteiger partial charge is 0.369 e. The molecule has 1 heterocycles. The number of hydrogen-bond acceptors (Lipinski definition) is 4. The Morgan fingerprint density at radius 1 is 1.04 bits per heavy atom. The minimum atomic E-state index is -0.451. The van der Waals surface area contributed by atoms with E-state index in [0.29, 0.717) is 16.4 Å². The summed E-state index contributed by atoms with van der Waals surface area (Å²) in [6.07, 6.45) is 0.0625. The Morgan fingerprint density at radius 3 is 2.50 bits per heavy atom. The van der Waals surface area contributed by atoms with Crippen molar-refractivity contribution < 1.29 is 9.59 Å². The van der Waals surface area contributed by atoms with Crippen LogP contribution in [0.1, 0.15) is 16.1 Å². The third-order valence-electron chi connectivity index (χ3n) is 3.38. The molecule has 3 N–H and O–H groups in total. The fraction of sp³-hybridized carbons (Fsp3) is 0.0556. The third kappa shape index (κ3) is 3.67. The van der Waals surface area contributed by atoms with Gasteiger partial charge in [0.15, 0.2) is 5.13 Å². The average Bonchev–Trinajstić information content (AvgIpc) is 3.01. The molecule has 0 radical (unpaired) electrons. The van der Waals surface area contributed by atoms with Crippen LogP contribution >= 0.6 is 11.3 Å². The molecule has 0 aliphatic heterocycles. The summed E-state index contributed by atoms with van der Waals surface area (Å²) in [5, 5.41) is 4.93. The van der Waals surface area contributed by atoms with Gasteiger partial charge in [-0.15, -0.1) is 11.3 Å². The Bertz CT molecular complexity index is 875. The van der Waals surface area contributed by atoms with Gasteiger partial charge in [-0.1, -0.05) is 48.5 Å². The summed E-state index contributed by atoms with van der Waals surface area (Å²) in [6, 6.07) is 17.1. The van der Waals surface area contributed by atoms with Gasteiger partial charge in [-0.2, -0.15) is 0 Å². The number of nitrogens with two attached hydrogens (primary N) is 1. The topological polar surface area (TPSA) is 85.1 Å². The van der Waals surface area contributed by atoms with E-state index in [1.807, 2.05) is 48.5 Å². The van der Waals surface area contributed by atoms with Crippen LogP contribution in [0, 0.1) is 0 Å². The van der Waals surface area contributed by atoms with Crippen molar-refractivity contribution in [3.05, 3.63) is 71.2 Å². The molecule has 120 valence electrons. The van der Waals surface area contributed by atoms with Gasteiger partial charge in [0.05, 0.1) is 12.1 Å². The van der Waals surface area contributed by atoms with Gasteiger partial charge in [0.25, 0.3) is 5.91 Å². The van der Waals surface area contributed by atoms with Crippen LogP contribution < -0.4 is 11.1 Å². The molecule has 1 aromatic heterocycles. The number of benzene rings is 2. The summed E-state index contributed by atoms with van der Waals surface area (Å²) >= 11 is 1.27. The van der Waals surface area contributed by atoms with E-state index >= 15 is 0 Å². The second-order valence-electron chi connectivity index (χ2n) is 5.15. The van der Waals surface area contributed by atoms with Crippen LogP contribution in [0.3, 0.4) is 0 Å². The van der Waals surface area contributed by atoms with E-state index in [9.17, 15) is 9.59 Å². The molecule has 3 rings (SSSR count). The van der Waals surface area contributed by atoms with Crippen molar-refractivity contribution in [2.75, 3.05) is 5.32 Å². The minimum absolute atomic E-state index is 0.0625. The van der Waals surface area contributed by atoms with Crippen LogP contribution in [0.4, 0.5) is 5.13 Å². The lowest BCUT2D eigenvalue weighted by molar-refractivity contribution is -0.117. The van der Waals surface area contributed by atoms with E-state index < -0.39 is 5.91 Å². The van der Waals surface area contributed by atoms with Crippen LogP contribution in [-0.4, -0.2) is 16.8 Å². The highest BCUT2D eigenvalue weighted by molar-refractivity contribution is 7.14. The van der Waals surface area contributed by atoms with Crippen LogP contribution in [0.5, 0.6) is 0 Å². The molecule has 2 amide bonds. The molecular weight excluding hydrogens is 322 g/mol. The van der Waals surface area contributed by atoms with Crippen molar-refractivity contribution in [3.8, 4) is 11.1 Å². The molecule has 0 bridgehead atoms. The summed E-state index contributed by atoms with van der Waals surface area (Å²) in [7, 11) is 0. The molecule has 0 aliphatic rings. The Kier molecular flexibility index (Phi) is 4.67. The highest BCUT2D eigenvalue weighted by Crippen LogP contribution is 2.25. The first-order valence-corrected chi connectivity index (χ1v) is 8.20. The number of primary amides is 1. The Balaban J connectivity index is 1.83. The van der Waals surface area contributed by atoms with Gasteiger partial charge in [-0.05, 0) is 17.2 Å². The molecule has 0 aliphatic carbocycles. The predicted octanol–water partition coefficient (Wildman–Crippen LogP) is 3.09. The number of carbonyl (C=O) groups is 2. The summed E-state index contributed by atoms with van der Waals surface area (Å²) in [4.78, 5) is 27.7. The maximum absolute atomic E-state index is 12.6. The Hall–Kier alpha value is -2.99. The molecule has 24 heavy (non-hydrogen) atoms. The van der Waals surface area contributed by atoms with Crippen LogP contribution in [-0.2, 0) is 11.2 Å². The standard InChI is InChI=1S/C18H15N3O2S/c19-16(22)10-13-11-24-18(20-13)21-17(23)15-9-5-4-8-14(15)12-6-2-1-3-7-12/h1-9,11H,10H2,(H2,19,22)(H,20,21,23). The van der Waals surface area contributed by atoms with Gasteiger partial charge in [-0.3, -0.25) is 14.9 Å². The lowest BCUT2D eigenvalue weighted by Gasteiger charge is -2.09. The highest BCUT2D eigenvalue weighted by Gasteiger charge is 2.14. The van der Waals surface area contributed by atoms with Crippen molar-refractivity contribution in [3.63, 3.8) is 0 Å². The fourth-order valence-electron chi connectivity index (χ4n) is 2.34. The third-order valence-corrected chi connectivity index (χ3v) is 4.19. The van der Waals surface area contributed by atoms with E-state index in [4.69, 9.17) is 5.73 Å². The van der Waals surface area contributed by atoms with Crippen molar-refractivity contribution in [1.82, 2.24) is 4.98 Å². The lowest BCUT2D eigenvalue weighted by atomic mass is 9.99. The summed E-state index contributed by atoms with van der Waals surface area (Å²) in [6.45, 7) is 0. The minimum Gasteiger partial charge on any atom is -0.369 e. The van der Waals surface area contributed by atoms with Gasteiger partial charge in [0.2, 0.25) is 5.91 Å². The van der Waals surface area contributed by atoms with Crippen molar-refractivity contribution in [2.24, 2.45) is 5.73 Å². The zero-order valence-electron chi connectivity index (χ0n) is 12.7. The van der Waals surface area contributed by atoms with Gasteiger partial charge < -0.3 is 5.73 Å². The number of anilines is 1. The van der Waals surface area contributed by atoms with Crippen LogP contribution in [0.2, 0.25) is 0 Å². The molecule has 0 spiro atoms. The number of thiazole rings is 1. The van der Waals surface area contributed by atoms with Gasteiger partial charge in [-0.25, -0.2) is 4.98 Å². The van der Waals surface area contributed by atoms with Gasteiger partial charge >= 0.3 is 0 Å². The second-order valence-corrected chi connectivity index (χ2v) is 6.01. The molecule has 0 saturated carbocycles. The molecule has 2 aromatic carbocycles. The average molecular weight is 337 g/mol. The summed E-state index contributed by atoms with van der Waals surface area (Å²) in [5.41, 5.74) is 8.09. The van der Waals surface area contributed by atoms with Crippen molar-refractivity contribution in [2.45, 2.75) is 6.42 Å². The van der Waals surface area contributed by atoms with E-state index in [2.05, 4.69) is 10.3 Å².